The minimum Gasteiger partial charge on any atom is -0.504 e. The van der Waals surface area contributed by atoms with Crippen LogP contribution in [0.5, 0.6) is 11.5 Å². The summed E-state index contributed by atoms with van der Waals surface area (Å²) in [5.74, 6) is 0.777. The molecule has 0 atom stereocenters. The van der Waals surface area contributed by atoms with Crippen LogP contribution in [0.25, 0.3) is 0 Å². The number of hydrogen-bond donors (Lipinski definition) is 2. The third-order valence-electron chi connectivity index (χ3n) is 3.96. The van der Waals surface area contributed by atoms with E-state index >= 15 is 0 Å². The lowest BCUT2D eigenvalue weighted by molar-refractivity contribution is 0.317. The van der Waals surface area contributed by atoms with E-state index < -0.39 is 0 Å². The predicted octanol–water partition coefficient (Wildman–Crippen LogP) is 3.89. The van der Waals surface area contributed by atoms with E-state index in [4.69, 9.17) is 4.74 Å². The Balaban J connectivity index is 1.71. The molecule has 0 radical (unpaired) electrons. The van der Waals surface area contributed by atoms with E-state index in [2.05, 4.69) is 23.5 Å². The first-order valence-electron chi connectivity index (χ1n) is 7.57. The van der Waals surface area contributed by atoms with Crippen LogP contribution in [0.3, 0.4) is 0 Å². The highest BCUT2D eigenvalue weighted by Crippen LogP contribution is 2.31. The van der Waals surface area contributed by atoms with Gasteiger partial charge in [-0.2, -0.15) is 0 Å². The van der Waals surface area contributed by atoms with Crippen LogP contribution in [0, 0.1) is 0 Å². The van der Waals surface area contributed by atoms with Gasteiger partial charge in [0.15, 0.2) is 11.5 Å². The van der Waals surface area contributed by atoms with Gasteiger partial charge in [-0.3, -0.25) is 0 Å². The Labute approximate surface area is 125 Å². The van der Waals surface area contributed by atoms with E-state index in [0.29, 0.717) is 18.9 Å². The molecule has 0 aliphatic heterocycles. The number of fused-ring (bicyclic) bond motifs is 1. The van der Waals surface area contributed by atoms with Gasteiger partial charge in [-0.25, -0.2) is 0 Å². The van der Waals surface area contributed by atoms with E-state index in [1.807, 2.05) is 19.1 Å². The number of aromatic hydroxyl groups is 1. The van der Waals surface area contributed by atoms with Crippen LogP contribution in [0.4, 0.5) is 5.69 Å². The third-order valence-corrected chi connectivity index (χ3v) is 3.96. The number of benzene rings is 2. The first-order chi connectivity index (χ1) is 10.3. The van der Waals surface area contributed by atoms with Crippen LogP contribution >= 0.6 is 0 Å². The van der Waals surface area contributed by atoms with Crippen molar-refractivity contribution in [1.82, 2.24) is 0 Å². The molecule has 0 saturated carbocycles. The maximum atomic E-state index is 10.2. The van der Waals surface area contributed by atoms with Gasteiger partial charge in [-0.15, -0.1) is 0 Å². The molecule has 21 heavy (non-hydrogen) atoms. The summed E-state index contributed by atoms with van der Waals surface area (Å²) in [6.45, 7) is 3.05. The minimum atomic E-state index is 0.230. The average molecular weight is 283 g/mol. The molecule has 0 amide bonds. The van der Waals surface area contributed by atoms with Gasteiger partial charge in [0, 0.05) is 17.8 Å². The maximum Gasteiger partial charge on any atom is 0.162 e. The van der Waals surface area contributed by atoms with Crippen molar-refractivity contribution < 1.29 is 9.84 Å². The Kier molecular flexibility index (Phi) is 4.00. The number of aryl methyl sites for hydroxylation is 2. The van der Waals surface area contributed by atoms with Crippen molar-refractivity contribution in [3.8, 4) is 11.5 Å². The van der Waals surface area contributed by atoms with Crippen LogP contribution < -0.4 is 10.1 Å². The van der Waals surface area contributed by atoms with E-state index in [1.54, 1.807) is 6.07 Å². The quantitative estimate of drug-likeness (QED) is 0.874. The monoisotopic (exact) mass is 283 g/mol. The molecular weight excluding hydrogens is 262 g/mol. The zero-order valence-corrected chi connectivity index (χ0v) is 12.4. The molecule has 0 spiro atoms. The molecule has 0 heterocycles. The average Bonchev–Trinajstić information content (AvgIpc) is 2.96. The second-order valence-corrected chi connectivity index (χ2v) is 5.39. The molecular formula is C18H21NO2. The minimum absolute atomic E-state index is 0.230. The second-order valence-electron chi connectivity index (χ2n) is 5.39. The Bertz CT molecular complexity index is 637. The number of ether oxygens (including phenoxy) is 1. The lowest BCUT2D eigenvalue weighted by Crippen LogP contribution is -2.01. The SMILES string of the molecule is CCOc1cccc(CNc2ccc3c(c2)CCC3)c1O. The molecule has 110 valence electrons. The number of para-hydroxylation sites is 1. The molecule has 3 nitrogen and oxygen atoms in total. The summed E-state index contributed by atoms with van der Waals surface area (Å²) in [7, 11) is 0. The van der Waals surface area contributed by atoms with Crippen LogP contribution in [0.15, 0.2) is 36.4 Å². The van der Waals surface area contributed by atoms with Crippen molar-refractivity contribution in [1.29, 1.82) is 0 Å². The van der Waals surface area contributed by atoms with E-state index in [1.165, 1.54) is 30.4 Å². The van der Waals surface area contributed by atoms with Gasteiger partial charge in [0.1, 0.15) is 0 Å². The Hall–Kier alpha value is -2.16. The van der Waals surface area contributed by atoms with Gasteiger partial charge in [-0.1, -0.05) is 18.2 Å². The summed E-state index contributed by atoms with van der Waals surface area (Å²) in [6.07, 6.45) is 3.64. The fourth-order valence-corrected chi connectivity index (χ4v) is 2.86. The van der Waals surface area contributed by atoms with Crippen molar-refractivity contribution in [2.75, 3.05) is 11.9 Å². The number of nitrogens with one attached hydrogen (secondary N) is 1. The zero-order chi connectivity index (χ0) is 14.7. The fraction of sp³-hybridized carbons (Fsp3) is 0.333. The largest absolute Gasteiger partial charge is 0.504 e. The Morgan fingerprint density at radius 3 is 2.86 bits per heavy atom. The molecule has 0 aromatic heterocycles. The van der Waals surface area contributed by atoms with E-state index in [9.17, 15) is 5.11 Å². The highest BCUT2D eigenvalue weighted by Gasteiger charge is 2.11. The standard InChI is InChI=1S/C18H21NO2/c1-2-21-17-8-4-7-15(18(17)20)12-19-16-10-9-13-5-3-6-14(13)11-16/h4,7-11,19-20H,2-3,5-6,12H2,1H3. The normalized spacial score (nSPS) is 13.0. The highest BCUT2D eigenvalue weighted by atomic mass is 16.5. The van der Waals surface area contributed by atoms with E-state index in [-0.39, 0.29) is 5.75 Å². The van der Waals surface area contributed by atoms with E-state index in [0.717, 1.165) is 11.3 Å². The number of phenolic OH excluding ortho intramolecular Hbond substituents is 1. The summed E-state index contributed by atoms with van der Waals surface area (Å²) in [4.78, 5) is 0. The summed E-state index contributed by atoms with van der Waals surface area (Å²) >= 11 is 0. The summed E-state index contributed by atoms with van der Waals surface area (Å²) in [5, 5.41) is 13.6. The summed E-state index contributed by atoms with van der Waals surface area (Å²) < 4.78 is 5.41. The highest BCUT2D eigenvalue weighted by molar-refractivity contribution is 5.52. The molecule has 1 aliphatic rings. The fourth-order valence-electron chi connectivity index (χ4n) is 2.86. The molecule has 0 saturated heterocycles. The molecule has 3 heteroatoms. The van der Waals surface area contributed by atoms with Crippen LogP contribution in [0.1, 0.15) is 30.0 Å². The molecule has 0 fully saturated rings. The van der Waals surface area contributed by atoms with Crippen molar-refractivity contribution in [2.24, 2.45) is 0 Å². The van der Waals surface area contributed by atoms with Crippen LogP contribution in [-0.2, 0) is 19.4 Å². The molecule has 0 bridgehead atoms. The van der Waals surface area contributed by atoms with Gasteiger partial charge >= 0.3 is 0 Å². The van der Waals surface area contributed by atoms with Gasteiger partial charge in [0.25, 0.3) is 0 Å². The molecule has 2 N–H and O–H groups in total. The number of rotatable bonds is 5. The van der Waals surface area contributed by atoms with Gasteiger partial charge in [0.05, 0.1) is 6.61 Å². The molecule has 3 rings (SSSR count). The van der Waals surface area contributed by atoms with Gasteiger partial charge < -0.3 is 15.2 Å². The van der Waals surface area contributed by atoms with Crippen molar-refractivity contribution in [3.05, 3.63) is 53.1 Å². The molecule has 0 unspecified atom stereocenters. The van der Waals surface area contributed by atoms with Crippen molar-refractivity contribution in [3.63, 3.8) is 0 Å². The van der Waals surface area contributed by atoms with Gasteiger partial charge in [0.2, 0.25) is 0 Å². The molecule has 2 aromatic rings. The predicted molar refractivity (Wildman–Crippen MR) is 85.1 cm³/mol. The first kappa shape index (κ1) is 13.8. The summed E-state index contributed by atoms with van der Waals surface area (Å²) in [5.41, 5.74) is 4.88. The van der Waals surface area contributed by atoms with Crippen molar-refractivity contribution in [2.45, 2.75) is 32.7 Å². The molecule has 1 aliphatic carbocycles. The van der Waals surface area contributed by atoms with Crippen LogP contribution in [0.2, 0.25) is 0 Å². The Morgan fingerprint density at radius 1 is 1.14 bits per heavy atom. The summed E-state index contributed by atoms with van der Waals surface area (Å²) in [6, 6.07) is 12.2. The topological polar surface area (TPSA) is 41.5 Å². The third kappa shape index (κ3) is 2.97. The Morgan fingerprint density at radius 2 is 2.00 bits per heavy atom. The molecule has 2 aromatic carbocycles. The van der Waals surface area contributed by atoms with Crippen molar-refractivity contribution >= 4 is 5.69 Å². The number of phenols is 1. The van der Waals surface area contributed by atoms with Crippen LogP contribution in [-0.4, -0.2) is 11.7 Å². The zero-order valence-electron chi connectivity index (χ0n) is 12.4. The maximum absolute atomic E-state index is 10.2. The van der Waals surface area contributed by atoms with Gasteiger partial charge in [-0.05, 0) is 55.5 Å². The number of anilines is 1. The number of hydrogen-bond acceptors (Lipinski definition) is 3. The smallest absolute Gasteiger partial charge is 0.162 e. The first-order valence-corrected chi connectivity index (χ1v) is 7.57. The lowest BCUT2D eigenvalue weighted by Gasteiger charge is -2.12. The lowest BCUT2D eigenvalue weighted by atomic mass is 10.1. The second kappa shape index (κ2) is 6.08.